The molecule has 1 aromatic rings. The molecule has 8 nitrogen and oxygen atoms in total. The van der Waals surface area contributed by atoms with Crippen molar-refractivity contribution in [2.75, 3.05) is 13.7 Å². The molecular formula is C11H18N4O4. The van der Waals surface area contributed by atoms with Crippen molar-refractivity contribution in [3.05, 3.63) is 11.6 Å². The molecule has 8 heteroatoms. The Balaban J connectivity index is 2.67. The molecule has 0 aliphatic carbocycles. The van der Waals surface area contributed by atoms with Crippen molar-refractivity contribution < 1.29 is 19.4 Å². The van der Waals surface area contributed by atoms with E-state index in [0.29, 0.717) is 5.82 Å². The lowest BCUT2D eigenvalue weighted by Crippen LogP contribution is -2.41. The number of methoxy groups -OCH3 is 1. The summed E-state index contributed by atoms with van der Waals surface area (Å²) < 4.78 is 4.79. The zero-order valence-electron chi connectivity index (χ0n) is 11.1. The van der Waals surface area contributed by atoms with Crippen molar-refractivity contribution in [1.29, 1.82) is 0 Å². The van der Waals surface area contributed by atoms with Gasteiger partial charge >= 0.3 is 5.97 Å². The Morgan fingerprint density at radius 3 is 2.63 bits per heavy atom. The lowest BCUT2D eigenvalue weighted by Gasteiger charge is -2.12. The average molecular weight is 270 g/mol. The second-order valence-electron chi connectivity index (χ2n) is 4.34. The molecule has 0 saturated heterocycles. The Kier molecular flexibility index (Phi) is 5.43. The van der Waals surface area contributed by atoms with Crippen LogP contribution in [0.25, 0.3) is 0 Å². The predicted octanol–water partition coefficient (Wildman–Crippen LogP) is 0.148. The van der Waals surface area contributed by atoms with Crippen molar-refractivity contribution in [3.8, 4) is 0 Å². The van der Waals surface area contributed by atoms with E-state index in [9.17, 15) is 9.59 Å². The van der Waals surface area contributed by atoms with Gasteiger partial charge in [0.05, 0.1) is 0 Å². The van der Waals surface area contributed by atoms with Crippen LogP contribution >= 0.6 is 0 Å². The van der Waals surface area contributed by atoms with Gasteiger partial charge in [-0.25, -0.2) is 9.78 Å². The zero-order valence-corrected chi connectivity index (χ0v) is 11.1. The fourth-order valence-corrected chi connectivity index (χ4v) is 1.35. The van der Waals surface area contributed by atoms with Crippen LogP contribution in [-0.2, 0) is 9.53 Å². The summed E-state index contributed by atoms with van der Waals surface area (Å²) in [4.78, 5) is 26.8. The maximum Gasteiger partial charge on any atom is 0.326 e. The number of carboxylic acids is 1. The second kappa shape index (κ2) is 6.83. The number of aromatic amines is 1. The molecular weight excluding hydrogens is 252 g/mol. The topological polar surface area (TPSA) is 117 Å². The number of rotatable bonds is 7. The molecule has 3 N–H and O–H groups in total. The quantitative estimate of drug-likeness (QED) is 0.649. The molecule has 0 spiro atoms. The van der Waals surface area contributed by atoms with Crippen molar-refractivity contribution in [1.82, 2.24) is 20.5 Å². The highest BCUT2D eigenvalue weighted by molar-refractivity contribution is 5.93. The SMILES string of the molecule is COCCC(NC(=O)c1n[nH]c(C(C)C)n1)C(=O)O. The summed E-state index contributed by atoms with van der Waals surface area (Å²) in [7, 11) is 1.46. The van der Waals surface area contributed by atoms with Gasteiger partial charge in [0.15, 0.2) is 0 Å². The summed E-state index contributed by atoms with van der Waals surface area (Å²) in [6.45, 7) is 4.05. The molecule has 1 aromatic heterocycles. The summed E-state index contributed by atoms with van der Waals surface area (Å²) >= 11 is 0. The summed E-state index contributed by atoms with van der Waals surface area (Å²) in [6, 6.07) is -1.02. The van der Waals surface area contributed by atoms with Crippen molar-refractivity contribution in [2.45, 2.75) is 32.2 Å². The van der Waals surface area contributed by atoms with Crippen molar-refractivity contribution in [3.63, 3.8) is 0 Å². The maximum absolute atomic E-state index is 11.8. The molecule has 1 rings (SSSR count). The smallest absolute Gasteiger partial charge is 0.326 e. The summed E-state index contributed by atoms with van der Waals surface area (Å²) in [5, 5.41) is 17.7. The Morgan fingerprint density at radius 2 is 2.16 bits per heavy atom. The Bertz CT molecular complexity index is 444. The van der Waals surface area contributed by atoms with Crippen LogP contribution in [0.2, 0.25) is 0 Å². The first-order chi connectivity index (χ1) is 8.95. The minimum absolute atomic E-state index is 0.0626. The third kappa shape index (κ3) is 4.32. The van der Waals surface area contributed by atoms with Crippen LogP contribution in [0, 0.1) is 0 Å². The van der Waals surface area contributed by atoms with E-state index in [1.807, 2.05) is 13.8 Å². The number of ether oxygens (including phenoxy) is 1. The number of aromatic nitrogens is 3. The van der Waals surface area contributed by atoms with E-state index < -0.39 is 17.9 Å². The van der Waals surface area contributed by atoms with Gasteiger partial charge in [0.2, 0.25) is 5.82 Å². The second-order valence-corrected chi connectivity index (χ2v) is 4.34. The lowest BCUT2D eigenvalue weighted by atomic mass is 10.2. The van der Waals surface area contributed by atoms with Gasteiger partial charge in [-0.15, -0.1) is 5.10 Å². The Labute approximate surface area is 110 Å². The first kappa shape index (κ1) is 15.1. The first-order valence-corrected chi connectivity index (χ1v) is 5.90. The summed E-state index contributed by atoms with van der Waals surface area (Å²) in [5.74, 6) is -1.12. The van der Waals surface area contributed by atoms with Gasteiger partial charge in [-0.1, -0.05) is 13.8 Å². The maximum atomic E-state index is 11.8. The molecule has 0 aromatic carbocycles. The zero-order chi connectivity index (χ0) is 14.4. The number of nitrogens with one attached hydrogen (secondary N) is 2. The van der Waals surface area contributed by atoms with Gasteiger partial charge in [0.25, 0.3) is 5.91 Å². The Hall–Kier alpha value is -1.96. The Morgan fingerprint density at radius 1 is 1.47 bits per heavy atom. The number of amides is 1. The fraction of sp³-hybridized carbons (Fsp3) is 0.636. The van der Waals surface area contributed by atoms with Gasteiger partial charge in [0.1, 0.15) is 11.9 Å². The van der Waals surface area contributed by atoms with E-state index in [2.05, 4.69) is 20.5 Å². The third-order valence-corrected chi connectivity index (χ3v) is 2.47. The highest BCUT2D eigenvalue weighted by atomic mass is 16.5. The monoisotopic (exact) mass is 270 g/mol. The molecule has 0 aliphatic rings. The molecule has 106 valence electrons. The number of H-pyrrole nitrogens is 1. The van der Waals surface area contributed by atoms with Gasteiger partial charge in [-0.3, -0.25) is 9.89 Å². The van der Waals surface area contributed by atoms with Crippen LogP contribution in [0.15, 0.2) is 0 Å². The molecule has 1 atom stereocenters. The summed E-state index contributed by atoms with van der Waals surface area (Å²) in [6.07, 6.45) is 0.180. The van der Waals surface area contributed by atoms with Crippen LogP contribution in [0.1, 0.15) is 42.6 Å². The lowest BCUT2D eigenvalue weighted by molar-refractivity contribution is -0.139. The van der Waals surface area contributed by atoms with Crippen LogP contribution in [0.3, 0.4) is 0 Å². The van der Waals surface area contributed by atoms with Gasteiger partial charge in [-0.2, -0.15) is 0 Å². The number of hydrogen-bond acceptors (Lipinski definition) is 5. The largest absolute Gasteiger partial charge is 0.480 e. The number of hydrogen-bond donors (Lipinski definition) is 3. The normalized spacial score (nSPS) is 12.4. The number of aliphatic carboxylic acids is 1. The highest BCUT2D eigenvalue weighted by Gasteiger charge is 2.22. The van der Waals surface area contributed by atoms with Gasteiger partial charge in [-0.05, 0) is 0 Å². The van der Waals surface area contributed by atoms with E-state index >= 15 is 0 Å². The van der Waals surface area contributed by atoms with Gasteiger partial charge < -0.3 is 15.2 Å². The van der Waals surface area contributed by atoms with E-state index in [1.165, 1.54) is 7.11 Å². The van der Waals surface area contributed by atoms with Crippen LogP contribution in [0.5, 0.6) is 0 Å². The standard InChI is InChI=1S/C11H18N4O4/c1-6(2)8-13-9(15-14-8)10(16)12-7(11(17)18)4-5-19-3/h6-7H,4-5H2,1-3H3,(H,12,16)(H,17,18)(H,13,14,15). The van der Waals surface area contributed by atoms with Crippen LogP contribution < -0.4 is 5.32 Å². The van der Waals surface area contributed by atoms with Crippen molar-refractivity contribution in [2.24, 2.45) is 0 Å². The fourth-order valence-electron chi connectivity index (χ4n) is 1.35. The molecule has 1 unspecified atom stereocenters. The minimum Gasteiger partial charge on any atom is -0.480 e. The minimum atomic E-state index is -1.12. The number of carbonyl (C=O) groups is 2. The molecule has 0 radical (unpaired) electrons. The molecule has 1 amide bonds. The van der Waals surface area contributed by atoms with Crippen molar-refractivity contribution >= 4 is 11.9 Å². The van der Waals surface area contributed by atoms with E-state index in [0.717, 1.165) is 0 Å². The van der Waals surface area contributed by atoms with Gasteiger partial charge in [0, 0.05) is 26.1 Å². The van der Waals surface area contributed by atoms with E-state index in [4.69, 9.17) is 9.84 Å². The predicted molar refractivity (Wildman–Crippen MR) is 65.9 cm³/mol. The summed E-state index contributed by atoms with van der Waals surface area (Å²) in [5.41, 5.74) is 0. The molecule has 0 aliphatic heterocycles. The van der Waals surface area contributed by atoms with Crippen LogP contribution in [0.4, 0.5) is 0 Å². The third-order valence-electron chi connectivity index (χ3n) is 2.47. The highest BCUT2D eigenvalue weighted by Crippen LogP contribution is 2.07. The van der Waals surface area contributed by atoms with Crippen LogP contribution in [-0.4, -0.2) is 51.9 Å². The number of carboxylic acid groups (broad SMARTS) is 1. The van der Waals surface area contributed by atoms with E-state index in [1.54, 1.807) is 0 Å². The molecule has 19 heavy (non-hydrogen) atoms. The average Bonchev–Trinajstić information content (AvgIpc) is 2.83. The number of nitrogens with zero attached hydrogens (tertiary/aromatic N) is 2. The molecule has 1 heterocycles. The molecule has 0 saturated carbocycles. The molecule has 0 fully saturated rings. The molecule has 0 bridgehead atoms. The number of carbonyl (C=O) groups excluding carboxylic acids is 1. The van der Waals surface area contributed by atoms with E-state index in [-0.39, 0.29) is 24.8 Å². The first-order valence-electron chi connectivity index (χ1n) is 5.90.